The maximum absolute atomic E-state index is 5.17. The minimum absolute atomic E-state index is 0.755. The number of hydrogen-bond acceptors (Lipinski definition) is 2. The zero-order valence-electron chi connectivity index (χ0n) is 10.8. The van der Waals surface area contributed by atoms with Gasteiger partial charge in [0.25, 0.3) is 0 Å². The molecule has 0 bridgehead atoms. The number of nitrogens with one attached hydrogen (secondary N) is 1. The first kappa shape index (κ1) is 13.0. The highest BCUT2D eigenvalue weighted by Crippen LogP contribution is 2.38. The molecule has 2 heteroatoms. The van der Waals surface area contributed by atoms with Crippen LogP contribution in [0.25, 0.3) is 0 Å². The van der Waals surface area contributed by atoms with Gasteiger partial charge in [-0.3, -0.25) is 0 Å². The molecule has 90 valence electrons. The first-order chi connectivity index (χ1) is 7.20. The summed E-state index contributed by atoms with van der Waals surface area (Å²) in [5.41, 5.74) is 0. The Labute approximate surface area is 94.8 Å². The molecule has 0 radical (unpaired) electrons. The predicted molar refractivity (Wildman–Crippen MR) is 65.0 cm³/mol. The molecule has 4 unspecified atom stereocenters. The maximum atomic E-state index is 5.17. The minimum Gasteiger partial charge on any atom is -0.385 e. The van der Waals surface area contributed by atoms with Crippen LogP contribution in [0.3, 0.4) is 0 Å². The van der Waals surface area contributed by atoms with E-state index in [1.807, 2.05) is 0 Å². The van der Waals surface area contributed by atoms with E-state index in [2.05, 4.69) is 26.1 Å². The van der Waals surface area contributed by atoms with E-state index in [0.717, 1.165) is 36.9 Å². The molecule has 0 saturated heterocycles. The SMILES string of the molecule is CCNC1CCC(C(C)CCOC)C1C. The fourth-order valence-corrected chi connectivity index (χ4v) is 3.07. The molecule has 0 amide bonds. The molecular formula is C13H27NO. The Hall–Kier alpha value is -0.0800. The zero-order valence-corrected chi connectivity index (χ0v) is 10.8. The van der Waals surface area contributed by atoms with Crippen LogP contribution in [-0.2, 0) is 4.74 Å². The first-order valence-electron chi connectivity index (χ1n) is 6.43. The Morgan fingerprint density at radius 3 is 2.73 bits per heavy atom. The summed E-state index contributed by atoms with van der Waals surface area (Å²) in [5, 5.41) is 3.60. The molecule has 1 N–H and O–H groups in total. The monoisotopic (exact) mass is 213 g/mol. The summed E-state index contributed by atoms with van der Waals surface area (Å²) in [6, 6.07) is 0.755. The van der Waals surface area contributed by atoms with Gasteiger partial charge >= 0.3 is 0 Å². The fraction of sp³-hybridized carbons (Fsp3) is 1.00. The van der Waals surface area contributed by atoms with Gasteiger partial charge < -0.3 is 10.1 Å². The summed E-state index contributed by atoms with van der Waals surface area (Å²) in [6.07, 6.45) is 3.96. The van der Waals surface area contributed by atoms with Crippen molar-refractivity contribution < 1.29 is 4.74 Å². The second kappa shape index (κ2) is 6.49. The van der Waals surface area contributed by atoms with Crippen molar-refractivity contribution in [2.75, 3.05) is 20.3 Å². The lowest BCUT2D eigenvalue weighted by molar-refractivity contribution is 0.154. The van der Waals surface area contributed by atoms with Gasteiger partial charge in [0, 0.05) is 19.8 Å². The summed E-state index contributed by atoms with van der Waals surface area (Å²) >= 11 is 0. The van der Waals surface area contributed by atoms with Crippen LogP contribution in [0.2, 0.25) is 0 Å². The lowest BCUT2D eigenvalue weighted by Crippen LogP contribution is -2.33. The topological polar surface area (TPSA) is 21.3 Å². The molecule has 0 aromatic rings. The van der Waals surface area contributed by atoms with E-state index in [4.69, 9.17) is 4.74 Å². The van der Waals surface area contributed by atoms with E-state index >= 15 is 0 Å². The summed E-state index contributed by atoms with van der Waals surface area (Å²) in [4.78, 5) is 0. The lowest BCUT2D eigenvalue weighted by atomic mass is 9.83. The zero-order chi connectivity index (χ0) is 11.3. The third-order valence-electron chi connectivity index (χ3n) is 4.10. The highest BCUT2D eigenvalue weighted by molar-refractivity contribution is 4.88. The molecule has 1 saturated carbocycles. The van der Waals surface area contributed by atoms with Gasteiger partial charge in [-0.15, -0.1) is 0 Å². The highest BCUT2D eigenvalue weighted by Gasteiger charge is 2.34. The summed E-state index contributed by atoms with van der Waals surface area (Å²) in [6.45, 7) is 9.02. The van der Waals surface area contributed by atoms with Crippen molar-refractivity contribution in [3.8, 4) is 0 Å². The Balaban J connectivity index is 2.36. The average Bonchev–Trinajstić information content (AvgIpc) is 2.58. The maximum Gasteiger partial charge on any atom is 0.0464 e. The van der Waals surface area contributed by atoms with E-state index in [0.29, 0.717) is 0 Å². The van der Waals surface area contributed by atoms with Gasteiger partial charge in [0.2, 0.25) is 0 Å². The normalized spacial score (nSPS) is 33.2. The predicted octanol–water partition coefficient (Wildman–Crippen LogP) is 2.68. The molecule has 0 heterocycles. The number of ether oxygens (including phenoxy) is 1. The van der Waals surface area contributed by atoms with E-state index < -0.39 is 0 Å². The van der Waals surface area contributed by atoms with Crippen LogP contribution >= 0.6 is 0 Å². The van der Waals surface area contributed by atoms with Crippen LogP contribution in [0, 0.1) is 17.8 Å². The van der Waals surface area contributed by atoms with E-state index in [1.165, 1.54) is 19.3 Å². The van der Waals surface area contributed by atoms with Gasteiger partial charge in [0.15, 0.2) is 0 Å². The van der Waals surface area contributed by atoms with Crippen molar-refractivity contribution in [1.82, 2.24) is 5.32 Å². The van der Waals surface area contributed by atoms with Crippen molar-refractivity contribution in [3.63, 3.8) is 0 Å². The molecule has 1 aliphatic rings. The average molecular weight is 213 g/mol. The molecule has 15 heavy (non-hydrogen) atoms. The fourth-order valence-electron chi connectivity index (χ4n) is 3.07. The third-order valence-corrected chi connectivity index (χ3v) is 4.10. The molecule has 1 aliphatic carbocycles. The molecule has 2 nitrogen and oxygen atoms in total. The molecule has 1 fully saturated rings. The Morgan fingerprint density at radius 1 is 1.40 bits per heavy atom. The standard InChI is InChI=1S/C13H27NO/c1-5-14-13-7-6-12(11(13)3)10(2)8-9-15-4/h10-14H,5-9H2,1-4H3. The molecule has 0 spiro atoms. The van der Waals surface area contributed by atoms with E-state index in [9.17, 15) is 0 Å². The smallest absolute Gasteiger partial charge is 0.0464 e. The summed E-state index contributed by atoms with van der Waals surface area (Å²) < 4.78 is 5.17. The second-order valence-electron chi connectivity index (χ2n) is 5.02. The molecule has 4 atom stereocenters. The van der Waals surface area contributed by atoms with Gasteiger partial charge in [0.05, 0.1) is 0 Å². The van der Waals surface area contributed by atoms with E-state index in [1.54, 1.807) is 7.11 Å². The largest absolute Gasteiger partial charge is 0.385 e. The van der Waals surface area contributed by atoms with Crippen LogP contribution in [0.5, 0.6) is 0 Å². The molecule has 1 rings (SSSR count). The van der Waals surface area contributed by atoms with Crippen LogP contribution in [0.4, 0.5) is 0 Å². The second-order valence-corrected chi connectivity index (χ2v) is 5.02. The minimum atomic E-state index is 0.755. The Morgan fingerprint density at radius 2 is 2.13 bits per heavy atom. The van der Waals surface area contributed by atoms with Crippen molar-refractivity contribution in [3.05, 3.63) is 0 Å². The highest BCUT2D eigenvalue weighted by atomic mass is 16.5. The van der Waals surface area contributed by atoms with Crippen LogP contribution in [0.1, 0.15) is 40.0 Å². The molecule has 0 aromatic carbocycles. The Bertz CT molecular complexity index is 172. The van der Waals surface area contributed by atoms with Crippen molar-refractivity contribution in [2.45, 2.75) is 46.1 Å². The van der Waals surface area contributed by atoms with Gasteiger partial charge in [-0.05, 0) is 43.6 Å². The summed E-state index contributed by atoms with van der Waals surface area (Å²) in [5.74, 6) is 2.53. The van der Waals surface area contributed by atoms with E-state index in [-0.39, 0.29) is 0 Å². The van der Waals surface area contributed by atoms with Crippen molar-refractivity contribution >= 4 is 0 Å². The van der Waals surface area contributed by atoms with Crippen LogP contribution < -0.4 is 5.32 Å². The van der Waals surface area contributed by atoms with Crippen LogP contribution in [0.15, 0.2) is 0 Å². The van der Waals surface area contributed by atoms with Gasteiger partial charge in [0.1, 0.15) is 0 Å². The quantitative estimate of drug-likeness (QED) is 0.732. The lowest BCUT2D eigenvalue weighted by Gasteiger charge is -2.26. The van der Waals surface area contributed by atoms with Gasteiger partial charge in [-0.2, -0.15) is 0 Å². The third kappa shape index (κ3) is 3.46. The molecule has 0 aromatic heterocycles. The Kier molecular flexibility index (Phi) is 5.62. The van der Waals surface area contributed by atoms with Gasteiger partial charge in [-0.1, -0.05) is 20.8 Å². The molecular weight excluding hydrogens is 186 g/mol. The van der Waals surface area contributed by atoms with Crippen molar-refractivity contribution in [2.24, 2.45) is 17.8 Å². The van der Waals surface area contributed by atoms with Crippen molar-refractivity contribution in [1.29, 1.82) is 0 Å². The number of methoxy groups -OCH3 is 1. The summed E-state index contributed by atoms with van der Waals surface area (Å²) in [7, 11) is 1.80. The molecule has 0 aliphatic heterocycles. The number of hydrogen-bond donors (Lipinski definition) is 1. The first-order valence-corrected chi connectivity index (χ1v) is 6.43. The van der Waals surface area contributed by atoms with Gasteiger partial charge in [-0.25, -0.2) is 0 Å². The van der Waals surface area contributed by atoms with Crippen LogP contribution in [-0.4, -0.2) is 26.3 Å². The number of rotatable bonds is 6.